The zero-order valence-corrected chi connectivity index (χ0v) is 12.4. The molecule has 2 aromatic rings. The highest BCUT2D eigenvalue weighted by molar-refractivity contribution is 6.30. The normalized spacial score (nSPS) is 21.6. The third-order valence-corrected chi connectivity index (χ3v) is 4.17. The highest BCUT2D eigenvalue weighted by Gasteiger charge is 2.26. The fourth-order valence-electron chi connectivity index (χ4n) is 3.07. The van der Waals surface area contributed by atoms with Gasteiger partial charge in [0.15, 0.2) is 0 Å². The van der Waals surface area contributed by atoms with Crippen LogP contribution >= 0.6 is 11.6 Å². The topological polar surface area (TPSA) is 40.8 Å². The molecule has 1 aliphatic heterocycles. The maximum Gasteiger partial charge on any atom is 0.137 e. The Bertz CT molecular complexity index is 596. The van der Waals surface area contributed by atoms with E-state index >= 15 is 0 Å². The van der Waals surface area contributed by atoms with Gasteiger partial charge >= 0.3 is 0 Å². The van der Waals surface area contributed by atoms with Gasteiger partial charge in [-0.1, -0.05) is 11.6 Å². The Morgan fingerprint density at radius 3 is 3.10 bits per heavy atom. The van der Waals surface area contributed by atoms with Crippen molar-refractivity contribution in [3.8, 4) is 0 Å². The zero-order valence-electron chi connectivity index (χ0n) is 11.7. The lowest BCUT2D eigenvalue weighted by atomic mass is 10.1. The molecule has 0 aromatic carbocycles. The second kappa shape index (κ2) is 5.72. The summed E-state index contributed by atoms with van der Waals surface area (Å²) in [5.74, 6) is 0. The first kappa shape index (κ1) is 13.9. The maximum absolute atomic E-state index is 9.58. The number of aromatic nitrogens is 2. The lowest BCUT2D eigenvalue weighted by Crippen LogP contribution is -2.31. The van der Waals surface area contributed by atoms with Crippen LogP contribution in [-0.4, -0.2) is 38.1 Å². The molecule has 2 atom stereocenters. The monoisotopic (exact) mass is 293 g/mol. The van der Waals surface area contributed by atoms with E-state index in [1.165, 1.54) is 12.8 Å². The minimum Gasteiger partial charge on any atom is -0.393 e. The molecule has 2 aromatic heterocycles. The molecule has 0 radical (unpaired) electrons. The van der Waals surface area contributed by atoms with Crippen LogP contribution < -0.4 is 0 Å². The summed E-state index contributed by atoms with van der Waals surface area (Å²) in [6, 6.07) is 4.27. The van der Waals surface area contributed by atoms with Gasteiger partial charge in [-0.25, -0.2) is 4.98 Å². The summed E-state index contributed by atoms with van der Waals surface area (Å²) in [5, 5.41) is 10.3. The lowest BCUT2D eigenvalue weighted by molar-refractivity contribution is 0.130. The molecule has 0 saturated carbocycles. The number of fused-ring (bicyclic) bond motifs is 1. The van der Waals surface area contributed by atoms with E-state index in [9.17, 15) is 5.11 Å². The molecular weight excluding hydrogens is 274 g/mol. The molecule has 1 saturated heterocycles. The van der Waals surface area contributed by atoms with E-state index < -0.39 is 0 Å². The fourth-order valence-corrected chi connectivity index (χ4v) is 3.23. The summed E-state index contributed by atoms with van der Waals surface area (Å²) >= 11 is 5.99. The van der Waals surface area contributed by atoms with E-state index in [4.69, 9.17) is 11.6 Å². The number of likely N-dealkylation sites (tertiary alicyclic amines) is 1. The highest BCUT2D eigenvalue weighted by Crippen LogP contribution is 2.23. The summed E-state index contributed by atoms with van der Waals surface area (Å²) in [6.45, 7) is 3.80. The van der Waals surface area contributed by atoms with E-state index in [1.807, 2.05) is 35.9 Å². The highest BCUT2D eigenvalue weighted by atomic mass is 35.5. The number of halogens is 1. The second-order valence-electron chi connectivity index (χ2n) is 5.70. The Balaban J connectivity index is 1.75. The van der Waals surface area contributed by atoms with E-state index in [2.05, 4.69) is 9.88 Å². The van der Waals surface area contributed by atoms with Crippen molar-refractivity contribution in [3.05, 3.63) is 35.2 Å². The first-order valence-corrected chi connectivity index (χ1v) is 7.55. The second-order valence-corrected chi connectivity index (χ2v) is 6.13. The Kier molecular flexibility index (Phi) is 3.96. The lowest BCUT2D eigenvalue weighted by Gasteiger charge is -2.24. The fraction of sp³-hybridized carbons (Fsp3) is 0.533. The van der Waals surface area contributed by atoms with Gasteiger partial charge in [-0.3, -0.25) is 4.90 Å². The third kappa shape index (κ3) is 2.97. The smallest absolute Gasteiger partial charge is 0.137 e. The van der Waals surface area contributed by atoms with Gasteiger partial charge in [0.25, 0.3) is 0 Å². The third-order valence-electron chi connectivity index (χ3n) is 3.94. The Morgan fingerprint density at radius 1 is 1.45 bits per heavy atom. The van der Waals surface area contributed by atoms with Crippen LogP contribution in [0.1, 0.15) is 31.9 Å². The van der Waals surface area contributed by atoms with Crippen molar-refractivity contribution in [2.24, 2.45) is 0 Å². The van der Waals surface area contributed by atoms with Gasteiger partial charge in [0.1, 0.15) is 5.65 Å². The number of pyridine rings is 1. The summed E-state index contributed by atoms with van der Waals surface area (Å²) in [5.41, 5.74) is 1.99. The number of hydrogen-bond acceptors (Lipinski definition) is 3. The first-order chi connectivity index (χ1) is 9.61. The predicted octanol–water partition coefficient (Wildman–Crippen LogP) is 2.72. The van der Waals surface area contributed by atoms with E-state index in [0.29, 0.717) is 6.04 Å². The molecular formula is C15H20ClN3O. The van der Waals surface area contributed by atoms with Crippen molar-refractivity contribution in [1.82, 2.24) is 14.3 Å². The molecule has 3 rings (SSSR count). The van der Waals surface area contributed by atoms with Crippen molar-refractivity contribution < 1.29 is 5.11 Å². The van der Waals surface area contributed by atoms with Gasteiger partial charge in [-0.2, -0.15) is 0 Å². The summed E-state index contributed by atoms with van der Waals surface area (Å²) in [6.07, 6.45) is 6.91. The quantitative estimate of drug-likeness (QED) is 0.942. The van der Waals surface area contributed by atoms with Crippen molar-refractivity contribution in [1.29, 1.82) is 0 Å². The number of hydrogen-bond donors (Lipinski definition) is 1. The summed E-state index contributed by atoms with van der Waals surface area (Å²) < 4.78 is 1.97. The Hall–Kier alpha value is -1.10. The molecule has 0 aliphatic carbocycles. The van der Waals surface area contributed by atoms with Gasteiger partial charge in [0.2, 0.25) is 0 Å². The Morgan fingerprint density at radius 2 is 2.30 bits per heavy atom. The summed E-state index contributed by atoms with van der Waals surface area (Å²) in [7, 11) is 0. The van der Waals surface area contributed by atoms with Crippen LogP contribution in [0.4, 0.5) is 0 Å². The molecule has 0 spiro atoms. The molecule has 4 nitrogen and oxygen atoms in total. The van der Waals surface area contributed by atoms with Crippen molar-refractivity contribution in [3.63, 3.8) is 0 Å². The van der Waals surface area contributed by atoms with Crippen LogP contribution in [0.5, 0.6) is 0 Å². The number of aliphatic hydroxyl groups is 1. The first-order valence-electron chi connectivity index (χ1n) is 7.17. The van der Waals surface area contributed by atoms with Crippen LogP contribution in [0, 0.1) is 0 Å². The van der Waals surface area contributed by atoms with Crippen molar-refractivity contribution in [2.75, 3.05) is 6.54 Å². The average Bonchev–Trinajstić information content (AvgIpc) is 2.95. The minimum atomic E-state index is -0.236. The van der Waals surface area contributed by atoms with Crippen LogP contribution in [0.3, 0.4) is 0 Å². The molecule has 0 amide bonds. The predicted molar refractivity (Wildman–Crippen MR) is 79.9 cm³/mol. The van der Waals surface area contributed by atoms with Gasteiger partial charge in [-0.05, 0) is 44.9 Å². The largest absolute Gasteiger partial charge is 0.393 e. The van der Waals surface area contributed by atoms with Crippen molar-refractivity contribution in [2.45, 2.75) is 44.9 Å². The molecule has 3 heterocycles. The minimum absolute atomic E-state index is 0.236. The molecule has 1 N–H and O–H groups in total. The number of nitrogens with zero attached hydrogens (tertiary/aromatic N) is 3. The number of rotatable bonds is 4. The van der Waals surface area contributed by atoms with Gasteiger partial charge < -0.3 is 9.51 Å². The standard InChI is InChI=1S/C15H20ClN3O/c1-11(20)7-14-3-2-6-18(14)9-13-10-19-8-12(16)4-5-15(19)17-13/h4-5,8,10-11,14,20H,2-3,6-7,9H2,1H3. The summed E-state index contributed by atoms with van der Waals surface area (Å²) in [4.78, 5) is 7.06. The molecule has 0 bridgehead atoms. The van der Waals surface area contributed by atoms with Crippen LogP contribution in [0.25, 0.3) is 5.65 Å². The van der Waals surface area contributed by atoms with Crippen LogP contribution in [0.15, 0.2) is 24.5 Å². The number of aliphatic hydroxyl groups excluding tert-OH is 1. The molecule has 20 heavy (non-hydrogen) atoms. The SMILES string of the molecule is CC(O)CC1CCCN1Cc1cn2cc(Cl)ccc2n1. The van der Waals surface area contributed by atoms with Crippen molar-refractivity contribution >= 4 is 17.2 Å². The average molecular weight is 294 g/mol. The van der Waals surface area contributed by atoms with Crippen LogP contribution in [-0.2, 0) is 6.54 Å². The maximum atomic E-state index is 9.58. The molecule has 5 heteroatoms. The van der Waals surface area contributed by atoms with Crippen LogP contribution in [0.2, 0.25) is 5.02 Å². The van der Waals surface area contributed by atoms with Gasteiger partial charge in [0.05, 0.1) is 16.8 Å². The Labute approximate surface area is 124 Å². The zero-order chi connectivity index (χ0) is 14.1. The molecule has 2 unspecified atom stereocenters. The van der Waals surface area contributed by atoms with Gasteiger partial charge in [-0.15, -0.1) is 0 Å². The number of imidazole rings is 1. The molecule has 1 fully saturated rings. The molecule has 108 valence electrons. The van der Waals surface area contributed by atoms with E-state index in [-0.39, 0.29) is 6.10 Å². The van der Waals surface area contributed by atoms with E-state index in [0.717, 1.165) is 35.9 Å². The van der Waals surface area contributed by atoms with Gasteiger partial charge in [0, 0.05) is 25.0 Å². The molecule has 1 aliphatic rings. The van der Waals surface area contributed by atoms with E-state index in [1.54, 1.807) is 0 Å².